The molecule has 0 aromatic heterocycles. The number of nitrogens with one attached hydrogen (secondary N) is 1. The van der Waals surface area contributed by atoms with Gasteiger partial charge in [0.1, 0.15) is 23.9 Å². The number of Topliss-reactive ketones (excluding diaryl/α,β-unsaturated/α-hetero) is 1. The van der Waals surface area contributed by atoms with Crippen LogP contribution >= 0.6 is 0 Å². The third-order valence-electron chi connectivity index (χ3n) is 9.28. The van der Waals surface area contributed by atoms with Gasteiger partial charge in [0.2, 0.25) is 12.1 Å². The Morgan fingerprint density at radius 2 is 1.68 bits per heavy atom. The molecule has 270 valence electrons. The first-order chi connectivity index (χ1) is 23.8. The van der Waals surface area contributed by atoms with E-state index >= 15 is 0 Å². The summed E-state index contributed by atoms with van der Waals surface area (Å²) in [5, 5.41) is 47.1. The molecule has 1 fully saturated rings. The van der Waals surface area contributed by atoms with Gasteiger partial charge in [-0.3, -0.25) is 24.0 Å². The monoisotopic (exact) mass is 699 g/mol. The van der Waals surface area contributed by atoms with Crippen molar-refractivity contribution in [1.82, 2.24) is 5.32 Å². The minimum atomic E-state index is -1.14. The highest BCUT2D eigenvalue weighted by molar-refractivity contribution is 6.31. The molecule has 15 nitrogen and oxygen atoms in total. The molecule has 2 aliphatic carbocycles. The topological polar surface area (TPSA) is 224 Å². The van der Waals surface area contributed by atoms with Gasteiger partial charge in [-0.15, -0.1) is 0 Å². The third kappa shape index (κ3) is 7.23. The average molecular weight is 700 g/mol. The van der Waals surface area contributed by atoms with Crippen molar-refractivity contribution in [2.75, 3.05) is 20.3 Å². The summed E-state index contributed by atoms with van der Waals surface area (Å²) in [5.41, 5.74) is -0.858. The second-order valence-electron chi connectivity index (χ2n) is 12.6. The van der Waals surface area contributed by atoms with Crippen molar-refractivity contribution in [2.45, 2.75) is 89.8 Å². The molecule has 0 saturated carbocycles. The number of carbonyl (C=O) groups is 5. The quantitative estimate of drug-likeness (QED) is 0.0786. The molecular weight excluding hydrogens is 658 g/mol. The Hall–Kier alpha value is -4.41. The van der Waals surface area contributed by atoms with Gasteiger partial charge < -0.3 is 49.4 Å². The van der Waals surface area contributed by atoms with Gasteiger partial charge in [-0.2, -0.15) is 0 Å². The first-order valence-electron chi connectivity index (χ1n) is 16.3. The maximum absolute atomic E-state index is 13.9. The van der Waals surface area contributed by atoms with E-state index in [0.717, 1.165) is 0 Å². The predicted molar refractivity (Wildman–Crippen MR) is 171 cm³/mol. The Morgan fingerprint density at radius 3 is 2.32 bits per heavy atom. The fourth-order valence-corrected chi connectivity index (χ4v) is 6.97. The maximum atomic E-state index is 13.9. The molecule has 1 saturated heterocycles. The van der Waals surface area contributed by atoms with Crippen LogP contribution in [-0.2, 0) is 39.8 Å². The summed E-state index contributed by atoms with van der Waals surface area (Å²) >= 11 is 0. The first-order valence-corrected chi connectivity index (χ1v) is 16.3. The van der Waals surface area contributed by atoms with E-state index in [0.29, 0.717) is 13.0 Å². The van der Waals surface area contributed by atoms with Gasteiger partial charge >= 0.3 is 11.9 Å². The lowest BCUT2D eigenvalue weighted by Gasteiger charge is -2.41. The number of ketones is 3. The molecule has 0 radical (unpaired) electrons. The van der Waals surface area contributed by atoms with E-state index in [1.165, 1.54) is 39.2 Å². The Bertz CT molecular complexity index is 1670. The number of aliphatic hydroxyl groups is 2. The lowest BCUT2D eigenvalue weighted by atomic mass is 9.73. The predicted octanol–water partition coefficient (Wildman–Crippen LogP) is 1.75. The van der Waals surface area contributed by atoms with Gasteiger partial charge in [0.15, 0.2) is 17.9 Å². The summed E-state index contributed by atoms with van der Waals surface area (Å²) < 4.78 is 27.7. The molecule has 6 unspecified atom stereocenters. The van der Waals surface area contributed by atoms with E-state index in [1.54, 1.807) is 6.92 Å². The summed E-state index contributed by atoms with van der Waals surface area (Å²) in [6.07, 6.45) is -4.44. The molecule has 1 aliphatic heterocycles. The summed E-state index contributed by atoms with van der Waals surface area (Å²) in [4.78, 5) is 63.1. The number of aromatic hydroxyl groups is 2. The minimum Gasteiger partial charge on any atom is -0.507 e. The van der Waals surface area contributed by atoms with Crippen molar-refractivity contribution in [1.29, 1.82) is 0 Å². The third-order valence-corrected chi connectivity index (χ3v) is 9.28. The number of ether oxygens (including phenoxy) is 5. The SMILES string of the molecule is COc1cccc2c1C(=O)c1c(O)c3c(c(O)c1C2=O)CC(C(=O)CO)CC3OC1CC(NCCCC(OC(C)=O)OC(C)=O)C(O)C(C)O1. The second-order valence-corrected chi connectivity index (χ2v) is 12.6. The van der Waals surface area contributed by atoms with E-state index in [9.17, 15) is 44.4 Å². The largest absolute Gasteiger partial charge is 0.507 e. The van der Waals surface area contributed by atoms with Crippen LogP contribution in [0.15, 0.2) is 18.2 Å². The van der Waals surface area contributed by atoms with E-state index in [-0.39, 0.29) is 53.7 Å². The number of hydrogen-bond acceptors (Lipinski definition) is 15. The number of phenolic OH excluding ortho intramolecular Hbond substituents is 2. The highest BCUT2D eigenvalue weighted by Gasteiger charge is 2.45. The fraction of sp³-hybridized carbons (Fsp3) is 0.514. The molecular formula is C35H41NO14. The lowest BCUT2D eigenvalue weighted by molar-refractivity contribution is -0.246. The van der Waals surface area contributed by atoms with Crippen LogP contribution in [0.1, 0.15) is 95.5 Å². The number of benzene rings is 2. The van der Waals surface area contributed by atoms with Crippen LogP contribution in [0, 0.1) is 5.92 Å². The number of esters is 2. The van der Waals surface area contributed by atoms with Gasteiger partial charge in [-0.05, 0) is 38.8 Å². The second kappa shape index (κ2) is 15.2. The number of phenols is 2. The molecule has 2 aromatic rings. The molecule has 5 N–H and O–H groups in total. The number of fused-ring (bicyclic) bond motifs is 3. The van der Waals surface area contributed by atoms with Crippen molar-refractivity contribution in [3.05, 3.63) is 51.6 Å². The molecule has 5 rings (SSSR count). The molecule has 15 heteroatoms. The molecule has 2 aromatic carbocycles. The van der Waals surface area contributed by atoms with E-state index in [2.05, 4.69) is 5.32 Å². The smallest absolute Gasteiger partial charge is 0.305 e. The zero-order chi connectivity index (χ0) is 36.4. The van der Waals surface area contributed by atoms with Gasteiger partial charge in [0.25, 0.3) is 0 Å². The Kier molecular flexibility index (Phi) is 11.2. The molecule has 0 spiro atoms. The van der Waals surface area contributed by atoms with Crippen molar-refractivity contribution in [3.63, 3.8) is 0 Å². The van der Waals surface area contributed by atoms with Crippen LogP contribution < -0.4 is 10.1 Å². The van der Waals surface area contributed by atoms with Crippen LogP contribution in [0.4, 0.5) is 0 Å². The van der Waals surface area contributed by atoms with Gasteiger partial charge in [-0.25, -0.2) is 0 Å². The molecule has 6 atom stereocenters. The number of rotatable bonds is 12. The van der Waals surface area contributed by atoms with E-state index in [4.69, 9.17) is 23.7 Å². The van der Waals surface area contributed by atoms with Gasteiger partial charge in [0, 0.05) is 55.3 Å². The van der Waals surface area contributed by atoms with Crippen molar-refractivity contribution >= 4 is 29.3 Å². The van der Waals surface area contributed by atoms with Crippen LogP contribution in [-0.4, -0.2) is 101 Å². The molecule has 50 heavy (non-hydrogen) atoms. The minimum absolute atomic E-state index is 0.0107. The summed E-state index contributed by atoms with van der Waals surface area (Å²) in [6.45, 7) is 3.56. The molecule has 1 heterocycles. The maximum Gasteiger partial charge on any atom is 0.305 e. The first kappa shape index (κ1) is 36.9. The number of carbonyl (C=O) groups excluding carboxylic acids is 5. The normalized spacial score (nSPS) is 24.2. The van der Waals surface area contributed by atoms with Gasteiger partial charge in [-0.1, -0.05) is 12.1 Å². The standard InChI is InChI=1S/C35H41NO14/c1-15-31(41)21(36-10-6-9-25(48-16(2)38)49-17(3)39)13-26(47-15)50-24-12-18(22(40)14-37)11-20-28(24)35(45)30-29(33(20)43)32(42)19-7-5-8-23(46-4)27(19)34(30)44/h5,7-8,15,18,21,24-26,31,36-37,41,43,45H,6,9-14H2,1-4H3. The Morgan fingerprint density at radius 1 is 1.00 bits per heavy atom. The summed E-state index contributed by atoms with van der Waals surface area (Å²) in [5.74, 6) is -5.13. The van der Waals surface area contributed by atoms with Gasteiger partial charge in [0.05, 0.1) is 42.1 Å². The van der Waals surface area contributed by atoms with Crippen molar-refractivity contribution in [3.8, 4) is 17.2 Å². The van der Waals surface area contributed by atoms with Crippen LogP contribution in [0.5, 0.6) is 17.2 Å². The average Bonchev–Trinajstić information content (AvgIpc) is 3.07. The zero-order valence-electron chi connectivity index (χ0n) is 28.1. The number of methoxy groups -OCH3 is 1. The lowest BCUT2D eigenvalue weighted by Crippen LogP contribution is -2.54. The highest BCUT2D eigenvalue weighted by atomic mass is 16.7. The van der Waals surface area contributed by atoms with Crippen LogP contribution in [0.3, 0.4) is 0 Å². The van der Waals surface area contributed by atoms with Crippen molar-refractivity contribution < 1.29 is 68.1 Å². The number of hydrogen-bond donors (Lipinski definition) is 5. The Labute approximate surface area is 287 Å². The summed E-state index contributed by atoms with van der Waals surface area (Å²) in [6, 6.07) is 3.87. The van der Waals surface area contributed by atoms with Crippen LogP contribution in [0.25, 0.3) is 0 Å². The fourth-order valence-electron chi connectivity index (χ4n) is 6.97. The number of aliphatic hydroxyl groups excluding tert-OH is 2. The van der Waals surface area contributed by atoms with E-state index in [1.807, 2.05) is 0 Å². The van der Waals surface area contributed by atoms with E-state index < -0.39 is 101 Å². The van der Waals surface area contributed by atoms with Crippen molar-refractivity contribution in [2.24, 2.45) is 5.92 Å². The molecule has 3 aliphatic rings. The highest BCUT2D eigenvalue weighted by Crippen LogP contribution is 2.51. The molecule has 0 bridgehead atoms. The summed E-state index contributed by atoms with van der Waals surface area (Å²) in [7, 11) is 1.34. The van der Waals surface area contributed by atoms with Crippen LogP contribution in [0.2, 0.25) is 0 Å². The Balaban J connectivity index is 1.42. The zero-order valence-corrected chi connectivity index (χ0v) is 28.1. The molecule has 0 amide bonds.